The highest BCUT2D eigenvalue weighted by molar-refractivity contribution is 5.97. The lowest BCUT2D eigenvalue weighted by molar-refractivity contribution is -0.183. The van der Waals surface area contributed by atoms with Crippen LogP contribution in [0.1, 0.15) is 43.0 Å². The lowest BCUT2D eigenvalue weighted by Gasteiger charge is -2.31. The first-order valence-corrected chi connectivity index (χ1v) is 7.51. The van der Waals surface area contributed by atoms with Crippen LogP contribution in [0.3, 0.4) is 0 Å². The highest BCUT2D eigenvalue weighted by atomic mass is 19.4. The summed E-state index contributed by atoms with van der Waals surface area (Å²) in [6.07, 6.45) is -3.04. The molecular formula is C16H20F3NO2. The van der Waals surface area contributed by atoms with Gasteiger partial charge in [0.2, 0.25) is 0 Å². The van der Waals surface area contributed by atoms with Gasteiger partial charge in [-0.3, -0.25) is 4.79 Å². The van der Waals surface area contributed by atoms with Gasteiger partial charge in [-0.15, -0.1) is 0 Å². The van der Waals surface area contributed by atoms with Gasteiger partial charge in [-0.1, -0.05) is 18.6 Å². The highest BCUT2D eigenvalue weighted by Gasteiger charge is 2.42. The van der Waals surface area contributed by atoms with Gasteiger partial charge < -0.3 is 10.1 Å². The molecule has 2 rings (SSSR count). The smallest absolute Gasteiger partial charge is 0.391 e. The SMILES string of the molecule is CCOc1ccccc1C(=O)N[C@@H]1CCC[C@@H](C(F)(F)F)C1. The van der Waals surface area contributed by atoms with Crippen molar-refractivity contribution in [1.29, 1.82) is 0 Å². The Morgan fingerprint density at radius 3 is 2.73 bits per heavy atom. The molecule has 1 aliphatic rings. The van der Waals surface area contributed by atoms with Crippen molar-refractivity contribution < 1.29 is 22.7 Å². The summed E-state index contributed by atoms with van der Waals surface area (Å²) in [5.41, 5.74) is 0.360. The first-order chi connectivity index (χ1) is 10.4. The van der Waals surface area contributed by atoms with Gasteiger partial charge in [0, 0.05) is 6.04 Å². The molecule has 1 N–H and O–H groups in total. The van der Waals surface area contributed by atoms with Gasteiger partial charge in [0.25, 0.3) is 5.91 Å². The Bertz CT molecular complexity index is 516. The van der Waals surface area contributed by atoms with E-state index in [1.54, 1.807) is 24.3 Å². The molecule has 0 heterocycles. The third-order valence-corrected chi connectivity index (χ3v) is 3.90. The molecule has 0 unspecified atom stereocenters. The van der Waals surface area contributed by atoms with Gasteiger partial charge in [-0.05, 0) is 38.3 Å². The number of hydrogen-bond donors (Lipinski definition) is 1. The average molecular weight is 315 g/mol. The molecule has 0 radical (unpaired) electrons. The number of halogens is 3. The molecule has 122 valence electrons. The fourth-order valence-corrected chi connectivity index (χ4v) is 2.82. The summed E-state index contributed by atoms with van der Waals surface area (Å²) in [5.74, 6) is -1.25. The lowest BCUT2D eigenvalue weighted by Crippen LogP contribution is -2.41. The normalized spacial score (nSPS) is 22.2. The Labute approximate surface area is 127 Å². The standard InChI is InChI=1S/C16H20F3NO2/c1-2-22-14-9-4-3-8-13(14)15(21)20-12-7-5-6-11(10-12)16(17,18)19/h3-4,8-9,11-12H,2,5-7,10H2,1H3,(H,20,21)/t11-,12-/m1/s1. The number of carbonyl (C=O) groups excluding carboxylic acids is 1. The molecule has 0 bridgehead atoms. The zero-order valence-electron chi connectivity index (χ0n) is 12.5. The fraction of sp³-hybridized carbons (Fsp3) is 0.562. The van der Waals surface area contributed by atoms with E-state index >= 15 is 0 Å². The molecule has 1 aromatic carbocycles. The van der Waals surface area contributed by atoms with E-state index in [9.17, 15) is 18.0 Å². The van der Waals surface area contributed by atoms with E-state index in [4.69, 9.17) is 4.74 Å². The Balaban J connectivity index is 2.03. The second-order valence-corrected chi connectivity index (χ2v) is 5.50. The van der Waals surface area contributed by atoms with Crippen molar-refractivity contribution in [2.45, 2.75) is 44.8 Å². The van der Waals surface area contributed by atoms with Crippen molar-refractivity contribution in [3.8, 4) is 5.75 Å². The topological polar surface area (TPSA) is 38.3 Å². The van der Waals surface area contributed by atoms with E-state index < -0.39 is 18.1 Å². The zero-order chi connectivity index (χ0) is 16.2. The monoisotopic (exact) mass is 315 g/mol. The summed E-state index contributed by atoms with van der Waals surface area (Å²) >= 11 is 0. The molecule has 0 saturated heterocycles. The summed E-state index contributed by atoms with van der Waals surface area (Å²) in [6.45, 7) is 2.23. The van der Waals surface area contributed by atoms with Crippen molar-refractivity contribution in [3.63, 3.8) is 0 Å². The van der Waals surface area contributed by atoms with Crippen molar-refractivity contribution >= 4 is 5.91 Å². The summed E-state index contributed by atoms with van der Waals surface area (Å²) < 4.78 is 43.8. The second-order valence-electron chi connectivity index (χ2n) is 5.50. The maximum atomic E-state index is 12.8. The quantitative estimate of drug-likeness (QED) is 0.914. The maximum absolute atomic E-state index is 12.8. The van der Waals surface area contributed by atoms with Crippen LogP contribution < -0.4 is 10.1 Å². The Morgan fingerprint density at radius 1 is 1.32 bits per heavy atom. The third kappa shape index (κ3) is 4.15. The Hall–Kier alpha value is -1.72. The molecule has 0 aromatic heterocycles. The van der Waals surface area contributed by atoms with E-state index in [-0.39, 0.29) is 18.7 Å². The first kappa shape index (κ1) is 16.6. The summed E-state index contributed by atoms with van der Waals surface area (Å²) in [4.78, 5) is 12.3. The minimum Gasteiger partial charge on any atom is -0.493 e. The molecule has 1 fully saturated rings. The highest BCUT2D eigenvalue weighted by Crippen LogP contribution is 2.37. The lowest BCUT2D eigenvalue weighted by atomic mass is 9.85. The van der Waals surface area contributed by atoms with Crippen molar-refractivity contribution in [2.75, 3.05) is 6.61 Å². The van der Waals surface area contributed by atoms with Gasteiger partial charge in [-0.2, -0.15) is 13.2 Å². The number of carbonyl (C=O) groups is 1. The van der Waals surface area contributed by atoms with Crippen LogP contribution in [0.2, 0.25) is 0 Å². The summed E-state index contributed by atoms with van der Waals surface area (Å²) in [7, 11) is 0. The number of hydrogen-bond acceptors (Lipinski definition) is 2. The van der Waals surface area contributed by atoms with Gasteiger partial charge in [-0.25, -0.2) is 0 Å². The number of benzene rings is 1. The molecule has 22 heavy (non-hydrogen) atoms. The molecule has 0 aliphatic heterocycles. The first-order valence-electron chi connectivity index (χ1n) is 7.51. The van der Waals surface area contributed by atoms with Crippen LogP contribution in [0.15, 0.2) is 24.3 Å². The van der Waals surface area contributed by atoms with Crippen molar-refractivity contribution in [3.05, 3.63) is 29.8 Å². The predicted octanol–water partition coefficient (Wildman–Crippen LogP) is 3.94. The number of amides is 1. The van der Waals surface area contributed by atoms with E-state index in [1.165, 1.54) is 0 Å². The van der Waals surface area contributed by atoms with Gasteiger partial charge in [0.05, 0.1) is 18.1 Å². The van der Waals surface area contributed by atoms with Crippen molar-refractivity contribution in [1.82, 2.24) is 5.32 Å². The molecule has 2 atom stereocenters. The van der Waals surface area contributed by atoms with Crippen LogP contribution in [0.5, 0.6) is 5.75 Å². The van der Waals surface area contributed by atoms with E-state index in [0.29, 0.717) is 30.8 Å². The van der Waals surface area contributed by atoms with Crippen LogP contribution in [0.4, 0.5) is 13.2 Å². The van der Waals surface area contributed by atoms with Gasteiger partial charge in [0.15, 0.2) is 0 Å². The van der Waals surface area contributed by atoms with E-state index in [2.05, 4.69) is 5.32 Å². The fourth-order valence-electron chi connectivity index (χ4n) is 2.82. The van der Waals surface area contributed by atoms with Crippen LogP contribution in [0, 0.1) is 5.92 Å². The van der Waals surface area contributed by atoms with Crippen molar-refractivity contribution in [2.24, 2.45) is 5.92 Å². The Kier molecular flexibility index (Phi) is 5.32. The summed E-state index contributed by atoms with van der Waals surface area (Å²) in [6, 6.07) is 6.31. The number of rotatable bonds is 4. The van der Waals surface area contributed by atoms with E-state index in [0.717, 1.165) is 0 Å². The minimum absolute atomic E-state index is 0.0496. The zero-order valence-corrected chi connectivity index (χ0v) is 12.5. The molecular weight excluding hydrogens is 295 g/mol. The van der Waals surface area contributed by atoms with E-state index in [1.807, 2.05) is 6.92 Å². The van der Waals surface area contributed by atoms with Gasteiger partial charge >= 0.3 is 6.18 Å². The molecule has 0 spiro atoms. The van der Waals surface area contributed by atoms with Crippen LogP contribution in [0.25, 0.3) is 0 Å². The molecule has 6 heteroatoms. The van der Waals surface area contributed by atoms with Gasteiger partial charge in [0.1, 0.15) is 5.75 Å². The minimum atomic E-state index is -4.19. The van der Waals surface area contributed by atoms with Crippen LogP contribution >= 0.6 is 0 Å². The number of alkyl halides is 3. The third-order valence-electron chi connectivity index (χ3n) is 3.90. The number of nitrogens with one attached hydrogen (secondary N) is 1. The average Bonchev–Trinajstić information content (AvgIpc) is 2.47. The largest absolute Gasteiger partial charge is 0.493 e. The molecule has 1 aromatic rings. The van der Waals surface area contributed by atoms with Crippen LogP contribution in [-0.2, 0) is 0 Å². The Morgan fingerprint density at radius 2 is 2.05 bits per heavy atom. The summed E-state index contributed by atoms with van der Waals surface area (Å²) in [5, 5.41) is 2.72. The number of para-hydroxylation sites is 1. The molecule has 3 nitrogen and oxygen atoms in total. The molecule has 1 amide bonds. The predicted molar refractivity (Wildman–Crippen MR) is 76.9 cm³/mol. The molecule has 1 aliphatic carbocycles. The maximum Gasteiger partial charge on any atom is 0.391 e. The second kappa shape index (κ2) is 7.03. The number of ether oxygens (including phenoxy) is 1. The molecule has 1 saturated carbocycles. The van der Waals surface area contributed by atoms with Crippen LogP contribution in [-0.4, -0.2) is 24.7 Å².